The summed E-state index contributed by atoms with van der Waals surface area (Å²) in [6.07, 6.45) is 3.14. The van der Waals surface area contributed by atoms with Crippen molar-refractivity contribution in [3.05, 3.63) is 71.3 Å². The number of nitrogens with one attached hydrogen (secondary N) is 1. The maximum absolute atomic E-state index is 11.7. The van der Waals surface area contributed by atoms with Gasteiger partial charge in [-0.15, -0.1) is 0 Å². The zero-order valence-electron chi connectivity index (χ0n) is 17.4. The van der Waals surface area contributed by atoms with E-state index in [0.29, 0.717) is 23.8 Å². The molecule has 0 unspecified atom stereocenters. The van der Waals surface area contributed by atoms with Crippen molar-refractivity contribution in [3.8, 4) is 6.07 Å². The highest BCUT2D eigenvalue weighted by Gasteiger charge is 2.22. The van der Waals surface area contributed by atoms with Crippen LogP contribution in [-0.2, 0) is 21.4 Å². The van der Waals surface area contributed by atoms with E-state index in [1.807, 2.05) is 42.5 Å². The molecule has 0 atom stereocenters. The molecular formula is C23H27N3O3S. The third kappa shape index (κ3) is 5.41. The Hall–Kier alpha value is -2.82. The molecule has 6 nitrogen and oxygen atoms in total. The second-order valence-corrected chi connectivity index (χ2v) is 9.37. The Kier molecular flexibility index (Phi) is 6.80. The van der Waals surface area contributed by atoms with Crippen LogP contribution in [0.4, 0.5) is 5.69 Å². The Balaban J connectivity index is 1.71. The summed E-state index contributed by atoms with van der Waals surface area (Å²) in [6, 6.07) is 15.7. The van der Waals surface area contributed by atoms with E-state index in [4.69, 9.17) is 10.00 Å². The Morgan fingerprint density at radius 1 is 1.23 bits per heavy atom. The molecule has 7 heteroatoms. The van der Waals surface area contributed by atoms with Gasteiger partial charge in [0.15, 0.2) is 0 Å². The van der Waals surface area contributed by atoms with Crippen molar-refractivity contribution in [2.45, 2.75) is 25.4 Å². The fourth-order valence-corrected chi connectivity index (χ4v) is 4.42. The number of nitrogens with zero attached hydrogens (tertiary/aromatic N) is 2. The van der Waals surface area contributed by atoms with E-state index in [1.165, 1.54) is 5.56 Å². The predicted molar refractivity (Wildman–Crippen MR) is 119 cm³/mol. The number of hydrogen-bond acceptors (Lipinski definition) is 5. The fourth-order valence-electron chi connectivity index (χ4n) is 3.83. The summed E-state index contributed by atoms with van der Waals surface area (Å²) in [4.78, 5) is 2.25. The Bertz CT molecular complexity index is 1050. The maximum atomic E-state index is 11.7. The average Bonchev–Trinajstić information content (AvgIpc) is 2.74. The number of rotatable bonds is 7. The molecule has 1 aliphatic heterocycles. The van der Waals surface area contributed by atoms with Crippen molar-refractivity contribution in [1.82, 2.24) is 4.90 Å². The number of piperidine rings is 1. The van der Waals surface area contributed by atoms with E-state index in [1.54, 1.807) is 7.11 Å². The van der Waals surface area contributed by atoms with Gasteiger partial charge >= 0.3 is 0 Å². The van der Waals surface area contributed by atoms with Crippen LogP contribution in [0.15, 0.2) is 49.0 Å². The first kappa shape index (κ1) is 21.9. The van der Waals surface area contributed by atoms with Crippen LogP contribution >= 0.6 is 0 Å². The zero-order chi connectivity index (χ0) is 21.7. The molecular weight excluding hydrogens is 398 g/mol. The largest absolute Gasteiger partial charge is 0.380 e. The molecule has 1 aliphatic rings. The van der Waals surface area contributed by atoms with Gasteiger partial charge in [0.05, 0.1) is 30.2 Å². The smallest absolute Gasteiger partial charge is 0.229 e. The Morgan fingerprint density at radius 3 is 2.47 bits per heavy atom. The Morgan fingerprint density at radius 2 is 1.90 bits per heavy atom. The third-order valence-corrected chi connectivity index (χ3v) is 6.02. The van der Waals surface area contributed by atoms with Gasteiger partial charge in [0, 0.05) is 31.5 Å². The minimum atomic E-state index is -3.40. The van der Waals surface area contributed by atoms with E-state index in [9.17, 15) is 8.42 Å². The highest BCUT2D eigenvalue weighted by Crippen LogP contribution is 2.32. The van der Waals surface area contributed by atoms with Crippen LogP contribution in [-0.4, -0.2) is 39.8 Å². The van der Waals surface area contributed by atoms with E-state index in [-0.39, 0.29) is 0 Å². The van der Waals surface area contributed by atoms with Crippen LogP contribution in [0.3, 0.4) is 0 Å². The highest BCUT2D eigenvalue weighted by molar-refractivity contribution is 7.92. The first-order chi connectivity index (χ1) is 14.3. The van der Waals surface area contributed by atoms with Crippen molar-refractivity contribution in [2.75, 3.05) is 31.2 Å². The van der Waals surface area contributed by atoms with Gasteiger partial charge in [-0.25, -0.2) is 8.42 Å². The standard InChI is InChI=1S/C23H27N3O3S/c1-17(21-8-9-22(16-29-2)23(14-21)25-30(3,27)28)26-12-10-20(11-13-26)19-6-4-18(15-24)5-7-19/h4-9,14,20,25H,1,10-13,16H2,2-3H3. The molecule has 0 aliphatic carbocycles. The summed E-state index contributed by atoms with van der Waals surface area (Å²) in [7, 11) is -1.82. The lowest BCUT2D eigenvalue weighted by molar-refractivity contribution is 0.185. The molecule has 1 N–H and O–H groups in total. The molecule has 2 aromatic rings. The molecule has 0 radical (unpaired) electrons. The number of methoxy groups -OCH3 is 1. The number of sulfonamides is 1. The van der Waals surface area contributed by atoms with Crippen molar-refractivity contribution >= 4 is 21.4 Å². The molecule has 158 valence electrons. The molecule has 2 aromatic carbocycles. The molecule has 3 rings (SSSR count). The van der Waals surface area contributed by atoms with Crippen molar-refractivity contribution < 1.29 is 13.2 Å². The molecule has 1 heterocycles. The molecule has 30 heavy (non-hydrogen) atoms. The molecule has 1 saturated heterocycles. The first-order valence-corrected chi connectivity index (χ1v) is 11.7. The van der Waals surface area contributed by atoms with Crippen LogP contribution in [0.25, 0.3) is 5.70 Å². The fraction of sp³-hybridized carbons (Fsp3) is 0.348. The lowest BCUT2D eigenvalue weighted by atomic mass is 9.88. The lowest BCUT2D eigenvalue weighted by Crippen LogP contribution is -2.31. The first-order valence-electron chi connectivity index (χ1n) is 9.84. The van der Waals surface area contributed by atoms with E-state index >= 15 is 0 Å². The molecule has 0 amide bonds. The monoisotopic (exact) mass is 425 g/mol. The van der Waals surface area contributed by atoms with Gasteiger partial charge in [0.2, 0.25) is 10.0 Å². The summed E-state index contributed by atoms with van der Waals surface area (Å²) in [5.74, 6) is 0.466. The van der Waals surface area contributed by atoms with Crippen LogP contribution in [0, 0.1) is 11.3 Å². The number of hydrogen-bond donors (Lipinski definition) is 1. The second-order valence-electron chi connectivity index (χ2n) is 7.62. The number of likely N-dealkylation sites (tertiary alicyclic amines) is 1. The minimum Gasteiger partial charge on any atom is -0.380 e. The minimum absolute atomic E-state index is 0.320. The van der Waals surface area contributed by atoms with Gasteiger partial charge in [-0.2, -0.15) is 5.26 Å². The van der Waals surface area contributed by atoms with Gasteiger partial charge in [-0.05, 0) is 48.1 Å². The number of ether oxygens (including phenoxy) is 1. The maximum Gasteiger partial charge on any atom is 0.229 e. The van der Waals surface area contributed by atoms with Crippen molar-refractivity contribution in [1.29, 1.82) is 5.26 Å². The summed E-state index contributed by atoms with van der Waals surface area (Å²) in [6.45, 7) is 6.33. The number of nitriles is 1. The molecule has 0 spiro atoms. The normalized spacial score (nSPS) is 14.9. The number of benzene rings is 2. The summed E-state index contributed by atoms with van der Waals surface area (Å²) < 4.78 is 31.3. The van der Waals surface area contributed by atoms with E-state index in [0.717, 1.165) is 49.0 Å². The van der Waals surface area contributed by atoms with Crippen LogP contribution in [0.5, 0.6) is 0 Å². The van der Waals surface area contributed by atoms with Crippen molar-refractivity contribution in [2.24, 2.45) is 0 Å². The van der Waals surface area contributed by atoms with E-state index < -0.39 is 10.0 Å². The second kappa shape index (κ2) is 9.33. The Labute approximate surface area is 178 Å². The van der Waals surface area contributed by atoms with Crippen molar-refractivity contribution in [3.63, 3.8) is 0 Å². The highest BCUT2D eigenvalue weighted by atomic mass is 32.2. The van der Waals surface area contributed by atoms with Gasteiger partial charge < -0.3 is 9.64 Å². The quantitative estimate of drug-likeness (QED) is 0.727. The van der Waals surface area contributed by atoms with Crippen LogP contribution in [0.2, 0.25) is 0 Å². The molecule has 1 fully saturated rings. The molecule has 0 aromatic heterocycles. The zero-order valence-corrected chi connectivity index (χ0v) is 18.2. The van der Waals surface area contributed by atoms with Gasteiger partial charge in [-0.1, -0.05) is 30.8 Å². The SMILES string of the molecule is C=C(c1ccc(COC)c(NS(C)(=O)=O)c1)N1CCC(c2ccc(C#N)cc2)CC1. The van der Waals surface area contributed by atoms with E-state index in [2.05, 4.69) is 22.3 Å². The summed E-state index contributed by atoms with van der Waals surface area (Å²) >= 11 is 0. The summed E-state index contributed by atoms with van der Waals surface area (Å²) in [5, 5.41) is 8.96. The van der Waals surface area contributed by atoms with Crippen LogP contribution in [0.1, 0.15) is 41.0 Å². The number of anilines is 1. The van der Waals surface area contributed by atoms with Gasteiger partial charge in [0.25, 0.3) is 0 Å². The average molecular weight is 426 g/mol. The van der Waals surface area contributed by atoms with Gasteiger partial charge in [0.1, 0.15) is 0 Å². The van der Waals surface area contributed by atoms with Gasteiger partial charge in [-0.3, -0.25) is 4.72 Å². The molecule has 0 saturated carbocycles. The molecule has 0 bridgehead atoms. The lowest BCUT2D eigenvalue weighted by Gasteiger charge is -2.35. The third-order valence-electron chi connectivity index (χ3n) is 5.43. The summed E-state index contributed by atoms with van der Waals surface area (Å²) in [5.41, 5.74) is 5.01. The predicted octanol–water partition coefficient (Wildman–Crippen LogP) is 3.93. The topological polar surface area (TPSA) is 82.4 Å². The van der Waals surface area contributed by atoms with Crippen LogP contribution < -0.4 is 4.72 Å².